The van der Waals surface area contributed by atoms with Gasteiger partial charge >= 0.3 is 0 Å². The number of nitrogen functional groups attached to an aromatic ring is 1. The molecule has 5 N–H and O–H groups in total. The molecule has 114 valence electrons. The van der Waals surface area contributed by atoms with E-state index in [1.54, 1.807) is 0 Å². The van der Waals surface area contributed by atoms with Crippen molar-refractivity contribution in [3.63, 3.8) is 0 Å². The first kappa shape index (κ1) is 14.1. The number of nitrogens with zero attached hydrogens (tertiary/aromatic N) is 3. The van der Waals surface area contributed by atoms with Crippen LogP contribution in [-0.2, 0) is 4.74 Å². The Bertz CT molecular complexity index is 689. The normalized spacial score (nSPS) is 32.9. The summed E-state index contributed by atoms with van der Waals surface area (Å²) in [6.45, 7) is 0.860. The fourth-order valence-corrected chi connectivity index (χ4v) is 2.63. The second-order valence-corrected chi connectivity index (χ2v) is 5.22. The lowest BCUT2D eigenvalue weighted by Crippen LogP contribution is -2.44. The highest BCUT2D eigenvalue weighted by atomic mass is 19.1. The average Bonchev–Trinajstić information content (AvgIpc) is 2.87. The van der Waals surface area contributed by atoms with Crippen LogP contribution in [0.4, 0.5) is 10.2 Å². The molecule has 0 radical (unpaired) electrons. The highest BCUT2D eigenvalue weighted by Gasteiger charge is 2.53. The standard InChI is InChI=1S/C12H15FN4O4/c1-12(20)8(19)6(3-18)21-11(12)17-2-5(13)7-9(14)15-4-16-10(7)17/h2,4,6,8,11,18-20H,3H2,1H3,(H2,14,15,16)/t6-,8-,11?,12-/m1/s1. The van der Waals surface area contributed by atoms with Crippen LogP contribution >= 0.6 is 0 Å². The number of ether oxygens (including phenoxy) is 1. The summed E-state index contributed by atoms with van der Waals surface area (Å²) in [6.07, 6.45) is -1.19. The third kappa shape index (κ3) is 1.89. The summed E-state index contributed by atoms with van der Waals surface area (Å²) in [5.74, 6) is -0.697. The lowest BCUT2D eigenvalue weighted by Gasteiger charge is -2.27. The zero-order valence-electron chi connectivity index (χ0n) is 11.1. The van der Waals surface area contributed by atoms with Gasteiger partial charge < -0.3 is 25.8 Å². The van der Waals surface area contributed by atoms with Crippen LogP contribution in [0.2, 0.25) is 0 Å². The molecule has 3 rings (SSSR count). The lowest BCUT2D eigenvalue weighted by atomic mass is 9.96. The monoisotopic (exact) mass is 298 g/mol. The highest BCUT2D eigenvalue weighted by molar-refractivity contribution is 5.86. The van der Waals surface area contributed by atoms with Crippen molar-refractivity contribution in [2.75, 3.05) is 12.3 Å². The van der Waals surface area contributed by atoms with Crippen LogP contribution in [0.15, 0.2) is 12.5 Å². The van der Waals surface area contributed by atoms with Gasteiger partial charge in [0.05, 0.1) is 12.0 Å². The molecule has 1 fully saturated rings. The van der Waals surface area contributed by atoms with E-state index in [1.165, 1.54) is 11.5 Å². The molecule has 0 saturated carbocycles. The molecule has 1 unspecified atom stereocenters. The summed E-state index contributed by atoms with van der Waals surface area (Å²) >= 11 is 0. The van der Waals surface area contributed by atoms with E-state index in [1.807, 2.05) is 0 Å². The van der Waals surface area contributed by atoms with E-state index in [4.69, 9.17) is 10.5 Å². The third-order valence-electron chi connectivity index (χ3n) is 3.78. The van der Waals surface area contributed by atoms with E-state index in [0.717, 1.165) is 12.5 Å². The SMILES string of the molecule is C[C@]1(O)C(n2cc(F)c3c(N)ncnc32)O[C@H](CO)[C@H]1O. The molecule has 21 heavy (non-hydrogen) atoms. The average molecular weight is 298 g/mol. The Labute approximate surface area is 118 Å². The molecule has 4 atom stereocenters. The molecule has 3 heterocycles. The fourth-order valence-electron chi connectivity index (χ4n) is 2.63. The first-order valence-electron chi connectivity index (χ1n) is 6.31. The predicted octanol–water partition coefficient (Wildman–Crippen LogP) is -0.846. The molecule has 9 heteroatoms. The summed E-state index contributed by atoms with van der Waals surface area (Å²) in [5.41, 5.74) is 4.02. The zero-order valence-corrected chi connectivity index (χ0v) is 11.1. The summed E-state index contributed by atoms with van der Waals surface area (Å²) in [4.78, 5) is 7.66. The molecule has 1 saturated heterocycles. The maximum Gasteiger partial charge on any atom is 0.167 e. The molecule has 0 bridgehead atoms. The maximum absolute atomic E-state index is 14.0. The second kappa shape index (κ2) is 4.60. The number of hydrogen-bond donors (Lipinski definition) is 4. The van der Waals surface area contributed by atoms with Gasteiger partial charge in [-0.1, -0.05) is 0 Å². The van der Waals surface area contributed by atoms with Gasteiger partial charge in [0.15, 0.2) is 17.7 Å². The molecule has 0 spiro atoms. The van der Waals surface area contributed by atoms with Gasteiger partial charge in [-0.15, -0.1) is 0 Å². The van der Waals surface area contributed by atoms with Gasteiger partial charge in [0.2, 0.25) is 0 Å². The van der Waals surface area contributed by atoms with Crippen molar-refractivity contribution >= 4 is 16.9 Å². The molecule has 1 aliphatic rings. The second-order valence-electron chi connectivity index (χ2n) is 5.22. The fraction of sp³-hybridized carbons (Fsp3) is 0.500. The molecule has 2 aromatic heterocycles. The Morgan fingerprint density at radius 2 is 2.24 bits per heavy atom. The number of fused-ring (bicyclic) bond motifs is 1. The van der Waals surface area contributed by atoms with E-state index >= 15 is 0 Å². The summed E-state index contributed by atoms with van der Waals surface area (Å²) < 4.78 is 20.7. The first-order chi connectivity index (χ1) is 9.87. The van der Waals surface area contributed by atoms with Crippen LogP contribution in [0.5, 0.6) is 0 Å². The largest absolute Gasteiger partial charge is 0.394 e. The third-order valence-corrected chi connectivity index (χ3v) is 3.78. The van der Waals surface area contributed by atoms with Crippen LogP contribution in [0, 0.1) is 5.82 Å². The number of anilines is 1. The minimum atomic E-state index is -1.73. The Morgan fingerprint density at radius 1 is 1.52 bits per heavy atom. The van der Waals surface area contributed by atoms with Gasteiger partial charge in [0, 0.05) is 6.20 Å². The number of aromatic nitrogens is 3. The predicted molar refractivity (Wildman–Crippen MR) is 69.5 cm³/mol. The molecule has 0 aliphatic carbocycles. The molecule has 0 amide bonds. The van der Waals surface area contributed by atoms with Gasteiger partial charge in [-0.3, -0.25) is 4.57 Å². The molecule has 0 aromatic carbocycles. The van der Waals surface area contributed by atoms with Crippen LogP contribution < -0.4 is 5.73 Å². The van der Waals surface area contributed by atoms with Crippen LogP contribution in [0.3, 0.4) is 0 Å². The number of aliphatic hydroxyl groups excluding tert-OH is 2. The van der Waals surface area contributed by atoms with E-state index in [9.17, 15) is 19.7 Å². The Morgan fingerprint density at radius 3 is 2.86 bits per heavy atom. The van der Waals surface area contributed by atoms with Crippen molar-refractivity contribution in [3.05, 3.63) is 18.3 Å². The van der Waals surface area contributed by atoms with Gasteiger partial charge in [-0.2, -0.15) is 0 Å². The van der Waals surface area contributed by atoms with Crippen LogP contribution in [0.25, 0.3) is 11.0 Å². The van der Waals surface area contributed by atoms with Gasteiger partial charge in [-0.05, 0) is 6.92 Å². The van der Waals surface area contributed by atoms with E-state index in [2.05, 4.69) is 9.97 Å². The highest BCUT2D eigenvalue weighted by Crippen LogP contribution is 2.40. The van der Waals surface area contributed by atoms with Gasteiger partial charge in [0.1, 0.15) is 30.0 Å². The van der Waals surface area contributed by atoms with Crippen molar-refractivity contribution < 1.29 is 24.4 Å². The quantitative estimate of drug-likeness (QED) is 0.569. The number of halogens is 1. The first-order valence-corrected chi connectivity index (χ1v) is 6.31. The summed E-state index contributed by atoms with van der Waals surface area (Å²) in [6, 6.07) is 0. The number of rotatable bonds is 2. The number of hydrogen-bond acceptors (Lipinski definition) is 7. The summed E-state index contributed by atoms with van der Waals surface area (Å²) in [5, 5.41) is 29.6. The van der Waals surface area contributed by atoms with Crippen molar-refractivity contribution in [2.24, 2.45) is 0 Å². The van der Waals surface area contributed by atoms with Crippen LogP contribution in [-0.4, -0.2) is 54.3 Å². The molecule has 2 aromatic rings. The minimum absolute atomic E-state index is 0.0128. The topological polar surface area (TPSA) is 127 Å². The van der Waals surface area contributed by atoms with Gasteiger partial charge in [0.25, 0.3) is 0 Å². The van der Waals surface area contributed by atoms with E-state index < -0.39 is 36.5 Å². The van der Waals surface area contributed by atoms with Crippen molar-refractivity contribution in [1.82, 2.24) is 14.5 Å². The van der Waals surface area contributed by atoms with Crippen molar-refractivity contribution in [2.45, 2.75) is 31.0 Å². The molecular weight excluding hydrogens is 283 g/mol. The number of aliphatic hydroxyl groups is 3. The zero-order chi connectivity index (χ0) is 15.4. The Hall–Kier alpha value is -1.81. The molecular formula is C12H15FN4O4. The minimum Gasteiger partial charge on any atom is -0.394 e. The maximum atomic E-state index is 14.0. The molecule has 1 aliphatic heterocycles. The number of nitrogens with two attached hydrogens (primary N) is 1. The molecule has 8 nitrogen and oxygen atoms in total. The van der Waals surface area contributed by atoms with Gasteiger partial charge in [-0.25, -0.2) is 14.4 Å². The lowest BCUT2D eigenvalue weighted by molar-refractivity contribution is -0.0949. The Balaban J connectivity index is 2.15. The van der Waals surface area contributed by atoms with Crippen molar-refractivity contribution in [1.29, 1.82) is 0 Å². The summed E-state index contributed by atoms with van der Waals surface area (Å²) in [7, 11) is 0. The van der Waals surface area contributed by atoms with E-state index in [0.29, 0.717) is 0 Å². The smallest absolute Gasteiger partial charge is 0.167 e. The van der Waals surface area contributed by atoms with E-state index in [-0.39, 0.29) is 16.9 Å². The van der Waals surface area contributed by atoms with Crippen LogP contribution in [0.1, 0.15) is 13.2 Å². The Kier molecular flexibility index (Phi) is 3.10. The van der Waals surface area contributed by atoms with Crippen molar-refractivity contribution in [3.8, 4) is 0 Å².